The van der Waals surface area contributed by atoms with Crippen molar-refractivity contribution in [2.75, 3.05) is 39.8 Å². The lowest BCUT2D eigenvalue weighted by atomic mass is 10.1. The van der Waals surface area contributed by atoms with E-state index < -0.39 is 5.63 Å². The number of likely N-dealkylation sites (N-methyl/N-ethyl adjacent to an activating group) is 1. The predicted octanol–water partition coefficient (Wildman–Crippen LogP) is 0.162. The van der Waals surface area contributed by atoms with Crippen molar-refractivity contribution < 1.29 is 18.8 Å². The van der Waals surface area contributed by atoms with Gasteiger partial charge in [-0.25, -0.2) is 4.79 Å². The van der Waals surface area contributed by atoms with Gasteiger partial charge in [-0.1, -0.05) is 12.1 Å². The fourth-order valence-corrected chi connectivity index (χ4v) is 2.98. The number of para-hydroxylation sites is 1. The molecule has 1 saturated heterocycles. The fourth-order valence-electron chi connectivity index (χ4n) is 2.98. The third-order valence-corrected chi connectivity index (χ3v) is 4.43. The zero-order valence-electron chi connectivity index (χ0n) is 13.4. The molecule has 0 spiro atoms. The van der Waals surface area contributed by atoms with Crippen molar-refractivity contribution in [2.24, 2.45) is 0 Å². The number of nitrogens with one attached hydrogen (secondary N) is 1. The summed E-state index contributed by atoms with van der Waals surface area (Å²) in [5.41, 5.74) is -0.153. The Kier molecular flexibility index (Phi) is 4.34. The third kappa shape index (κ3) is 2.94. The number of piperazine rings is 1. The van der Waals surface area contributed by atoms with Gasteiger partial charge in [0.2, 0.25) is 0 Å². The molecule has 1 amide bonds. The van der Waals surface area contributed by atoms with Crippen molar-refractivity contribution in [1.82, 2.24) is 4.90 Å². The molecule has 23 heavy (non-hydrogen) atoms. The summed E-state index contributed by atoms with van der Waals surface area (Å²) in [5, 5.41) is 0.685. The highest BCUT2D eigenvalue weighted by Gasteiger charge is 2.26. The molecule has 0 atom stereocenters. The maximum Gasteiger partial charge on any atom is 0.349 e. The number of carbonyl (C=O) groups excluding carboxylic acids is 1. The van der Waals surface area contributed by atoms with Gasteiger partial charge in [-0.05, 0) is 19.1 Å². The van der Waals surface area contributed by atoms with E-state index in [1.165, 1.54) is 12.0 Å². The molecule has 2 heterocycles. The van der Waals surface area contributed by atoms with Gasteiger partial charge < -0.3 is 19.0 Å². The second-order valence-corrected chi connectivity index (χ2v) is 5.72. The number of amides is 1. The average molecular weight is 317 g/mol. The number of hydrogen-bond donors (Lipinski definition) is 1. The van der Waals surface area contributed by atoms with E-state index in [0.717, 1.165) is 19.6 Å². The fraction of sp³-hybridized carbons (Fsp3) is 0.412. The van der Waals surface area contributed by atoms with Crippen LogP contribution in [0.2, 0.25) is 0 Å². The molecule has 1 aromatic heterocycles. The van der Waals surface area contributed by atoms with Gasteiger partial charge in [0, 0.05) is 5.39 Å². The number of nitrogens with zero attached hydrogens (tertiary/aromatic N) is 1. The molecule has 1 aromatic carbocycles. The van der Waals surface area contributed by atoms with Crippen LogP contribution in [0.3, 0.4) is 0 Å². The number of benzene rings is 1. The van der Waals surface area contributed by atoms with Crippen LogP contribution < -0.4 is 15.3 Å². The largest absolute Gasteiger partial charge is 0.493 e. The van der Waals surface area contributed by atoms with Gasteiger partial charge in [0.25, 0.3) is 5.91 Å². The summed E-state index contributed by atoms with van der Waals surface area (Å²) in [6, 6.07) is 6.93. The Hall–Kier alpha value is -2.34. The van der Waals surface area contributed by atoms with Crippen LogP contribution >= 0.6 is 0 Å². The number of hydrogen-bond acceptors (Lipinski definition) is 4. The number of methoxy groups -OCH3 is 1. The molecule has 0 radical (unpaired) electrons. The minimum Gasteiger partial charge on any atom is -0.493 e. The average Bonchev–Trinajstić information content (AvgIpc) is 2.60. The summed E-state index contributed by atoms with van der Waals surface area (Å²) in [6.45, 7) is 6.34. The Morgan fingerprint density at radius 2 is 2.09 bits per heavy atom. The van der Waals surface area contributed by atoms with E-state index in [1.807, 2.05) is 0 Å². The van der Waals surface area contributed by atoms with Crippen LogP contribution in [0.25, 0.3) is 11.0 Å². The summed E-state index contributed by atoms with van der Waals surface area (Å²) in [6.07, 6.45) is 0. The Labute approximate surface area is 134 Å². The van der Waals surface area contributed by atoms with E-state index in [2.05, 4.69) is 6.92 Å². The monoisotopic (exact) mass is 317 g/mol. The van der Waals surface area contributed by atoms with E-state index in [0.29, 0.717) is 29.8 Å². The summed E-state index contributed by atoms with van der Waals surface area (Å²) in [4.78, 5) is 28.1. The number of ether oxygens (including phenoxy) is 1. The lowest BCUT2D eigenvalue weighted by Crippen LogP contribution is -3.14. The van der Waals surface area contributed by atoms with Gasteiger partial charge in [0.15, 0.2) is 11.3 Å². The molecule has 1 N–H and O–H groups in total. The highest BCUT2D eigenvalue weighted by molar-refractivity contribution is 5.97. The Bertz CT molecular complexity index is 776. The van der Waals surface area contributed by atoms with Gasteiger partial charge in [0.05, 0.1) is 39.8 Å². The predicted molar refractivity (Wildman–Crippen MR) is 86.2 cm³/mol. The molecule has 1 aliphatic rings. The first kappa shape index (κ1) is 15.6. The topological polar surface area (TPSA) is 64.2 Å². The number of rotatable bonds is 3. The molecule has 0 bridgehead atoms. The molecule has 1 fully saturated rings. The molecule has 6 nitrogen and oxygen atoms in total. The maximum absolute atomic E-state index is 12.6. The normalized spacial score (nSPS) is 15.8. The molecule has 1 aliphatic heterocycles. The van der Waals surface area contributed by atoms with Crippen LogP contribution in [0.5, 0.6) is 5.75 Å². The highest BCUT2D eigenvalue weighted by Crippen LogP contribution is 2.24. The maximum atomic E-state index is 12.6. The first-order valence-corrected chi connectivity index (χ1v) is 7.87. The molecule has 0 unspecified atom stereocenters. The minimum atomic E-state index is -0.614. The molecular weight excluding hydrogens is 296 g/mol. The smallest absolute Gasteiger partial charge is 0.349 e. The van der Waals surface area contributed by atoms with Crippen LogP contribution in [0.4, 0.5) is 0 Å². The number of fused-ring (bicyclic) bond motifs is 1. The van der Waals surface area contributed by atoms with Crippen LogP contribution in [0.1, 0.15) is 17.3 Å². The summed E-state index contributed by atoms with van der Waals surface area (Å²) >= 11 is 0. The number of quaternary nitrogens is 1. The summed E-state index contributed by atoms with van der Waals surface area (Å²) in [7, 11) is 1.52. The van der Waals surface area contributed by atoms with Crippen LogP contribution in [-0.2, 0) is 0 Å². The van der Waals surface area contributed by atoms with E-state index in [1.54, 1.807) is 29.2 Å². The summed E-state index contributed by atoms with van der Waals surface area (Å²) < 4.78 is 10.5. The molecule has 0 saturated carbocycles. The van der Waals surface area contributed by atoms with Crippen LogP contribution in [0.15, 0.2) is 33.5 Å². The third-order valence-electron chi connectivity index (χ3n) is 4.43. The first-order chi connectivity index (χ1) is 11.1. The second-order valence-electron chi connectivity index (χ2n) is 5.72. The van der Waals surface area contributed by atoms with Gasteiger partial charge in [-0.3, -0.25) is 4.79 Å². The first-order valence-electron chi connectivity index (χ1n) is 7.87. The van der Waals surface area contributed by atoms with E-state index in [9.17, 15) is 9.59 Å². The van der Waals surface area contributed by atoms with Gasteiger partial charge in [0.1, 0.15) is 5.56 Å². The standard InChI is InChI=1S/C17H20N2O4/c1-3-18-7-9-19(10-8-18)16(20)13-11-12-5-4-6-14(22-2)15(12)23-17(13)21/h4-6,11H,3,7-10H2,1-2H3/p+1. The lowest BCUT2D eigenvalue weighted by Gasteiger charge is -2.31. The SMILES string of the molecule is CC[NH+]1CCN(C(=O)c2cc3cccc(OC)c3oc2=O)CC1. The van der Waals surface area contributed by atoms with Crippen molar-refractivity contribution in [1.29, 1.82) is 0 Å². The van der Waals surface area contributed by atoms with E-state index in [4.69, 9.17) is 9.15 Å². The molecule has 0 aliphatic carbocycles. The highest BCUT2D eigenvalue weighted by atomic mass is 16.5. The van der Waals surface area contributed by atoms with E-state index >= 15 is 0 Å². The molecule has 122 valence electrons. The Morgan fingerprint density at radius 1 is 1.35 bits per heavy atom. The van der Waals surface area contributed by atoms with Crippen molar-refractivity contribution >= 4 is 16.9 Å². The van der Waals surface area contributed by atoms with Crippen LogP contribution in [-0.4, -0.2) is 50.6 Å². The van der Waals surface area contributed by atoms with Crippen molar-refractivity contribution in [3.8, 4) is 5.75 Å². The zero-order chi connectivity index (χ0) is 16.4. The van der Waals surface area contributed by atoms with Gasteiger partial charge in [-0.2, -0.15) is 0 Å². The molecular formula is C17H21N2O4+. The Balaban J connectivity index is 1.92. The quantitative estimate of drug-likeness (QED) is 0.819. The molecule has 2 aromatic rings. The zero-order valence-corrected chi connectivity index (χ0v) is 13.4. The molecule has 3 rings (SSSR count). The van der Waals surface area contributed by atoms with Crippen molar-refractivity contribution in [3.05, 3.63) is 40.2 Å². The summed E-state index contributed by atoms with van der Waals surface area (Å²) in [5.74, 6) is 0.234. The number of carbonyl (C=O) groups is 1. The van der Waals surface area contributed by atoms with Crippen molar-refractivity contribution in [2.45, 2.75) is 6.92 Å². The van der Waals surface area contributed by atoms with E-state index in [-0.39, 0.29) is 11.5 Å². The molecule has 6 heteroatoms. The van der Waals surface area contributed by atoms with Gasteiger partial charge >= 0.3 is 5.63 Å². The second kappa shape index (κ2) is 6.42. The van der Waals surface area contributed by atoms with Crippen molar-refractivity contribution in [3.63, 3.8) is 0 Å². The van der Waals surface area contributed by atoms with Crippen LogP contribution in [0, 0.1) is 0 Å². The lowest BCUT2D eigenvalue weighted by molar-refractivity contribution is -0.902. The Morgan fingerprint density at radius 3 is 2.74 bits per heavy atom. The minimum absolute atomic E-state index is 0.0886. The van der Waals surface area contributed by atoms with Gasteiger partial charge in [-0.15, -0.1) is 0 Å².